The number of aryl methyl sites for hydroxylation is 1. The lowest BCUT2D eigenvalue weighted by molar-refractivity contribution is 0.0852. The number of rotatable bonds is 5. The van der Waals surface area contributed by atoms with Gasteiger partial charge in [0, 0.05) is 32.7 Å². The summed E-state index contributed by atoms with van der Waals surface area (Å²) in [5, 5.41) is 4.98. The van der Waals surface area contributed by atoms with Gasteiger partial charge in [-0.2, -0.15) is 0 Å². The SMILES string of the molecule is Cc1ccc([C@@H](CNC(=O)c2cccs2)N2CCN(C)CC2)o1. The van der Waals surface area contributed by atoms with Crippen molar-refractivity contribution in [3.8, 4) is 0 Å². The number of thiophene rings is 1. The summed E-state index contributed by atoms with van der Waals surface area (Å²) >= 11 is 1.46. The van der Waals surface area contributed by atoms with Crippen molar-refractivity contribution in [1.29, 1.82) is 0 Å². The van der Waals surface area contributed by atoms with Crippen molar-refractivity contribution >= 4 is 17.2 Å². The van der Waals surface area contributed by atoms with Crippen LogP contribution in [0, 0.1) is 6.92 Å². The van der Waals surface area contributed by atoms with E-state index in [4.69, 9.17) is 4.42 Å². The van der Waals surface area contributed by atoms with Crippen LogP contribution in [-0.4, -0.2) is 55.5 Å². The molecule has 1 aliphatic rings. The average Bonchev–Trinajstić information content (AvgIpc) is 3.21. The zero-order chi connectivity index (χ0) is 16.2. The normalized spacial score (nSPS) is 18.0. The molecule has 1 fully saturated rings. The lowest BCUT2D eigenvalue weighted by atomic mass is 10.1. The molecule has 1 saturated heterocycles. The number of nitrogens with zero attached hydrogens (tertiary/aromatic N) is 2. The predicted molar refractivity (Wildman–Crippen MR) is 91.9 cm³/mol. The van der Waals surface area contributed by atoms with E-state index < -0.39 is 0 Å². The fourth-order valence-corrected chi connectivity index (χ4v) is 3.50. The number of hydrogen-bond donors (Lipinski definition) is 1. The van der Waals surface area contributed by atoms with Crippen LogP contribution < -0.4 is 5.32 Å². The van der Waals surface area contributed by atoms with Crippen molar-refractivity contribution < 1.29 is 9.21 Å². The van der Waals surface area contributed by atoms with Gasteiger partial charge >= 0.3 is 0 Å². The Morgan fingerprint density at radius 3 is 2.70 bits per heavy atom. The van der Waals surface area contributed by atoms with E-state index in [1.165, 1.54) is 11.3 Å². The average molecular weight is 333 g/mol. The van der Waals surface area contributed by atoms with Crippen LogP contribution in [0.4, 0.5) is 0 Å². The van der Waals surface area contributed by atoms with Gasteiger partial charge in [0.2, 0.25) is 0 Å². The van der Waals surface area contributed by atoms with Gasteiger partial charge in [0.25, 0.3) is 5.91 Å². The summed E-state index contributed by atoms with van der Waals surface area (Å²) in [6.45, 7) is 6.55. The summed E-state index contributed by atoms with van der Waals surface area (Å²) < 4.78 is 5.84. The molecule has 6 heteroatoms. The molecule has 2 aromatic rings. The Bertz CT molecular complexity index is 630. The lowest BCUT2D eigenvalue weighted by Gasteiger charge is -2.37. The highest BCUT2D eigenvalue weighted by atomic mass is 32.1. The van der Waals surface area contributed by atoms with Crippen LogP contribution in [0.25, 0.3) is 0 Å². The van der Waals surface area contributed by atoms with Gasteiger partial charge in [-0.05, 0) is 37.6 Å². The van der Waals surface area contributed by atoms with Gasteiger partial charge < -0.3 is 14.6 Å². The third kappa shape index (κ3) is 4.02. The van der Waals surface area contributed by atoms with Crippen molar-refractivity contribution in [2.24, 2.45) is 0 Å². The van der Waals surface area contributed by atoms with Crippen LogP contribution >= 0.6 is 11.3 Å². The summed E-state index contributed by atoms with van der Waals surface area (Å²) in [7, 11) is 2.14. The highest BCUT2D eigenvalue weighted by molar-refractivity contribution is 7.12. The van der Waals surface area contributed by atoms with Gasteiger partial charge in [0.05, 0.1) is 10.9 Å². The van der Waals surface area contributed by atoms with Crippen LogP contribution in [-0.2, 0) is 0 Å². The molecule has 124 valence electrons. The maximum absolute atomic E-state index is 12.2. The van der Waals surface area contributed by atoms with Crippen molar-refractivity contribution in [2.45, 2.75) is 13.0 Å². The number of nitrogens with one attached hydrogen (secondary N) is 1. The number of hydrogen-bond acceptors (Lipinski definition) is 5. The first-order valence-electron chi connectivity index (χ1n) is 7.94. The second kappa shape index (κ2) is 7.29. The van der Waals surface area contributed by atoms with E-state index in [2.05, 4.69) is 22.2 Å². The molecule has 1 aliphatic heterocycles. The smallest absolute Gasteiger partial charge is 0.261 e. The van der Waals surface area contributed by atoms with E-state index >= 15 is 0 Å². The maximum atomic E-state index is 12.2. The molecule has 0 aliphatic carbocycles. The third-order valence-corrected chi connectivity index (χ3v) is 5.14. The highest BCUT2D eigenvalue weighted by Crippen LogP contribution is 2.23. The first kappa shape index (κ1) is 16.2. The quantitative estimate of drug-likeness (QED) is 0.913. The zero-order valence-electron chi connectivity index (χ0n) is 13.6. The molecule has 1 amide bonds. The minimum absolute atomic E-state index is 0.0117. The maximum Gasteiger partial charge on any atom is 0.261 e. The van der Waals surface area contributed by atoms with Crippen LogP contribution in [0.3, 0.4) is 0 Å². The molecule has 0 radical (unpaired) electrons. The summed E-state index contributed by atoms with van der Waals surface area (Å²) in [6, 6.07) is 7.84. The Balaban J connectivity index is 1.69. The van der Waals surface area contributed by atoms with Crippen LogP contribution in [0.1, 0.15) is 27.2 Å². The van der Waals surface area contributed by atoms with Crippen molar-refractivity contribution in [2.75, 3.05) is 39.8 Å². The summed E-state index contributed by atoms with van der Waals surface area (Å²) in [5.74, 6) is 1.82. The molecular formula is C17H23N3O2S. The van der Waals surface area contributed by atoms with Gasteiger partial charge in [-0.25, -0.2) is 0 Å². The number of amides is 1. The molecule has 1 atom stereocenters. The molecule has 3 heterocycles. The monoisotopic (exact) mass is 333 g/mol. The summed E-state index contributed by atoms with van der Waals surface area (Å²) in [5.41, 5.74) is 0. The Labute approximate surface area is 140 Å². The first-order chi connectivity index (χ1) is 11.1. The Kier molecular flexibility index (Phi) is 5.15. The molecule has 0 bridgehead atoms. The van der Waals surface area contributed by atoms with E-state index in [1.54, 1.807) is 0 Å². The fourth-order valence-electron chi connectivity index (χ4n) is 2.86. The van der Waals surface area contributed by atoms with E-state index in [0.29, 0.717) is 6.54 Å². The van der Waals surface area contributed by atoms with Gasteiger partial charge in [-0.3, -0.25) is 9.69 Å². The van der Waals surface area contributed by atoms with Crippen molar-refractivity contribution in [1.82, 2.24) is 15.1 Å². The molecule has 5 nitrogen and oxygen atoms in total. The topological polar surface area (TPSA) is 48.7 Å². The third-order valence-electron chi connectivity index (χ3n) is 4.27. The van der Waals surface area contributed by atoms with Gasteiger partial charge in [-0.1, -0.05) is 6.07 Å². The molecule has 0 unspecified atom stereocenters. The van der Waals surface area contributed by atoms with Crippen LogP contribution in [0.5, 0.6) is 0 Å². The molecule has 2 aromatic heterocycles. The number of likely N-dealkylation sites (N-methyl/N-ethyl adjacent to an activating group) is 1. The van der Waals surface area contributed by atoms with Gasteiger partial charge in [-0.15, -0.1) is 11.3 Å². The zero-order valence-corrected chi connectivity index (χ0v) is 14.4. The Morgan fingerprint density at radius 2 is 2.09 bits per heavy atom. The predicted octanol–water partition coefficient (Wildman–Crippen LogP) is 2.37. The second-order valence-corrected chi connectivity index (χ2v) is 6.94. The van der Waals surface area contributed by atoms with E-state index in [0.717, 1.165) is 42.6 Å². The highest BCUT2D eigenvalue weighted by Gasteiger charge is 2.26. The number of carbonyl (C=O) groups excluding carboxylic acids is 1. The molecular weight excluding hydrogens is 310 g/mol. The van der Waals surface area contributed by atoms with E-state index in [-0.39, 0.29) is 11.9 Å². The number of furan rings is 1. The molecule has 3 rings (SSSR count). The standard InChI is InChI=1S/C17H23N3O2S/c1-13-5-6-15(22-13)14(20-9-7-19(2)8-10-20)12-18-17(21)16-4-3-11-23-16/h3-6,11,14H,7-10,12H2,1-2H3,(H,18,21)/t14-/m1/s1. The van der Waals surface area contributed by atoms with Crippen LogP contribution in [0.2, 0.25) is 0 Å². The summed E-state index contributed by atoms with van der Waals surface area (Å²) in [6.07, 6.45) is 0. The molecule has 0 aromatic carbocycles. The number of carbonyl (C=O) groups is 1. The second-order valence-electron chi connectivity index (χ2n) is 5.99. The fraction of sp³-hybridized carbons (Fsp3) is 0.471. The molecule has 0 spiro atoms. The van der Waals surface area contributed by atoms with E-state index in [9.17, 15) is 4.79 Å². The minimum atomic E-state index is -0.0117. The van der Waals surface area contributed by atoms with Crippen molar-refractivity contribution in [3.63, 3.8) is 0 Å². The van der Waals surface area contributed by atoms with E-state index in [1.807, 2.05) is 36.6 Å². The van der Waals surface area contributed by atoms with Gasteiger partial charge in [0.15, 0.2) is 0 Å². The van der Waals surface area contributed by atoms with Gasteiger partial charge in [0.1, 0.15) is 11.5 Å². The molecule has 0 saturated carbocycles. The van der Waals surface area contributed by atoms with Crippen LogP contribution in [0.15, 0.2) is 34.1 Å². The van der Waals surface area contributed by atoms with Crippen molar-refractivity contribution in [3.05, 3.63) is 46.0 Å². The molecule has 1 N–H and O–H groups in total. The lowest BCUT2D eigenvalue weighted by Crippen LogP contribution is -2.48. The molecule has 23 heavy (non-hydrogen) atoms. The Morgan fingerprint density at radius 1 is 1.30 bits per heavy atom. The summed E-state index contributed by atoms with van der Waals surface area (Å²) in [4.78, 5) is 17.7. The first-order valence-corrected chi connectivity index (χ1v) is 8.82. The largest absolute Gasteiger partial charge is 0.465 e. The minimum Gasteiger partial charge on any atom is -0.465 e. The number of piperazine rings is 1. The Hall–Kier alpha value is -1.63.